The zero-order chi connectivity index (χ0) is 15.7. The zero-order valence-electron chi connectivity index (χ0n) is 11.5. The highest BCUT2D eigenvalue weighted by molar-refractivity contribution is 7.15. The number of phenols is 1. The van der Waals surface area contributed by atoms with Gasteiger partial charge in [0.1, 0.15) is 11.4 Å². The summed E-state index contributed by atoms with van der Waals surface area (Å²) in [4.78, 5) is 17.4. The number of amides is 1. The standard InChI is InChI=1S/C15H11ClN2O3S/c1-8-13(18-15(22-8)12-3-2-6-21-12)14(20)17-10-7-9(16)4-5-11(10)19/h2-7,19H,1H3,(H,17,20). The minimum atomic E-state index is -0.413. The van der Waals surface area contributed by atoms with Gasteiger partial charge >= 0.3 is 0 Å². The van der Waals surface area contributed by atoms with E-state index in [1.807, 2.05) is 0 Å². The fourth-order valence-corrected chi connectivity index (χ4v) is 2.95. The number of anilines is 1. The van der Waals surface area contributed by atoms with Crippen molar-refractivity contribution < 1.29 is 14.3 Å². The molecule has 3 rings (SSSR count). The molecule has 0 saturated heterocycles. The lowest BCUT2D eigenvalue weighted by Crippen LogP contribution is -2.13. The summed E-state index contributed by atoms with van der Waals surface area (Å²) in [6.45, 7) is 1.80. The maximum Gasteiger partial charge on any atom is 0.275 e. The van der Waals surface area contributed by atoms with Gasteiger partial charge in [-0.2, -0.15) is 0 Å². The largest absolute Gasteiger partial charge is 0.506 e. The van der Waals surface area contributed by atoms with E-state index in [-0.39, 0.29) is 17.1 Å². The second-order valence-corrected chi connectivity index (χ2v) is 6.16. The van der Waals surface area contributed by atoms with Crippen molar-refractivity contribution in [2.24, 2.45) is 0 Å². The number of hydrogen-bond donors (Lipinski definition) is 2. The van der Waals surface area contributed by atoms with Crippen molar-refractivity contribution in [1.29, 1.82) is 0 Å². The molecule has 112 valence electrons. The van der Waals surface area contributed by atoms with Crippen LogP contribution in [0.1, 0.15) is 15.4 Å². The van der Waals surface area contributed by atoms with Gasteiger partial charge in [0.05, 0.1) is 12.0 Å². The maximum atomic E-state index is 12.3. The number of thiazole rings is 1. The number of carbonyl (C=O) groups excluding carboxylic acids is 1. The summed E-state index contributed by atoms with van der Waals surface area (Å²) >= 11 is 7.22. The van der Waals surface area contributed by atoms with Crippen LogP contribution < -0.4 is 5.32 Å². The molecule has 1 aromatic carbocycles. The van der Waals surface area contributed by atoms with Crippen LogP contribution in [0.25, 0.3) is 10.8 Å². The third-order valence-corrected chi connectivity index (χ3v) is 4.17. The Bertz CT molecular complexity index is 827. The average molecular weight is 335 g/mol. The molecule has 22 heavy (non-hydrogen) atoms. The average Bonchev–Trinajstić information content (AvgIpc) is 3.11. The Morgan fingerprint density at radius 2 is 2.23 bits per heavy atom. The number of carbonyl (C=O) groups is 1. The highest BCUT2D eigenvalue weighted by Crippen LogP contribution is 2.30. The number of benzene rings is 1. The van der Waals surface area contributed by atoms with Crippen LogP contribution in [0.5, 0.6) is 5.75 Å². The number of halogens is 1. The Labute approximate surface area is 135 Å². The molecular formula is C15H11ClN2O3S. The summed E-state index contributed by atoms with van der Waals surface area (Å²) in [5, 5.41) is 13.4. The third kappa shape index (κ3) is 2.84. The van der Waals surface area contributed by atoms with Gasteiger partial charge < -0.3 is 14.8 Å². The van der Waals surface area contributed by atoms with Gasteiger partial charge in [0.2, 0.25) is 0 Å². The Hall–Kier alpha value is -2.31. The maximum absolute atomic E-state index is 12.3. The molecule has 0 aliphatic carbocycles. The van der Waals surface area contributed by atoms with Gasteiger partial charge in [0, 0.05) is 9.90 Å². The van der Waals surface area contributed by atoms with Crippen LogP contribution in [-0.2, 0) is 0 Å². The van der Waals surface area contributed by atoms with Crippen molar-refractivity contribution in [3.8, 4) is 16.5 Å². The van der Waals surface area contributed by atoms with E-state index in [0.29, 0.717) is 15.8 Å². The number of aromatic hydroxyl groups is 1. The summed E-state index contributed by atoms with van der Waals surface area (Å²) in [5.41, 5.74) is 0.528. The summed E-state index contributed by atoms with van der Waals surface area (Å²) < 4.78 is 5.28. The molecule has 7 heteroatoms. The molecule has 2 aromatic heterocycles. The van der Waals surface area contributed by atoms with Crippen LogP contribution >= 0.6 is 22.9 Å². The number of aromatic nitrogens is 1. The number of rotatable bonds is 3. The zero-order valence-corrected chi connectivity index (χ0v) is 13.0. The van der Waals surface area contributed by atoms with Crippen LogP contribution in [-0.4, -0.2) is 16.0 Å². The van der Waals surface area contributed by atoms with E-state index < -0.39 is 5.91 Å². The summed E-state index contributed by atoms with van der Waals surface area (Å²) in [6, 6.07) is 7.97. The molecule has 0 unspecified atom stereocenters. The van der Waals surface area contributed by atoms with Gasteiger partial charge in [-0.1, -0.05) is 11.6 Å². The number of nitrogens with one attached hydrogen (secondary N) is 1. The lowest BCUT2D eigenvalue weighted by Gasteiger charge is -2.06. The molecule has 0 fully saturated rings. The first kappa shape index (κ1) is 14.6. The van der Waals surface area contributed by atoms with E-state index in [9.17, 15) is 9.90 Å². The molecule has 3 aromatic rings. The quantitative estimate of drug-likeness (QED) is 0.699. The van der Waals surface area contributed by atoms with Crippen molar-refractivity contribution in [3.63, 3.8) is 0 Å². The van der Waals surface area contributed by atoms with Gasteiger partial charge in [-0.15, -0.1) is 11.3 Å². The van der Waals surface area contributed by atoms with E-state index in [4.69, 9.17) is 16.0 Å². The molecule has 0 aliphatic heterocycles. The van der Waals surface area contributed by atoms with Crippen LogP contribution in [0.15, 0.2) is 41.0 Å². The van der Waals surface area contributed by atoms with Gasteiger partial charge in [-0.25, -0.2) is 4.98 Å². The minimum Gasteiger partial charge on any atom is -0.506 e. The monoisotopic (exact) mass is 334 g/mol. The van der Waals surface area contributed by atoms with Crippen molar-refractivity contribution in [2.45, 2.75) is 6.92 Å². The van der Waals surface area contributed by atoms with Gasteiger partial charge in [-0.05, 0) is 37.3 Å². The van der Waals surface area contributed by atoms with E-state index in [1.54, 1.807) is 25.3 Å². The molecular weight excluding hydrogens is 324 g/mol. The second kappa shape index (κ2) is 5.82. The van der Waals surface area contributed by atoms with E-state index >= 15 is 0 Å². The molecule has 2 heterocycles. The number of aryl methyl sites for hydroxylation is 1. The van der Waals surface area contributed by atoms with Crippen LogP contribution in [0.3, 0.4) is 0 Å². The molecule has 0 bridgehead atoms. The molecule has 0 spiro atoms. The number of hydrogen-bond acceptors (Lipinski definition) is 5. The predicted molar refractivity (Wildman–Crippen MR) is 85.6 cm³/mol. The fraction of sp³-hybridized carbons (Fsp3) is 0.0667. The Balaban J connectivity index is 1.88. The highest BCUT2D eigenvalue weighted by atomic mass is 35.5. The Kier molecular flexibility index (Phi) is 3.87. The van der Waals surface area contributed by atoms with Gasteiger partial charge in [0.25, 0.3) is 5.91 Å². The molecule has 2 N–H and O–H groups in total. The van der Waals surface area contributed by atoms with Crippen molar-refractivity contribution in [2.75, 3.05) is 5.32 Å². The second-order valence-electron chi connectivity index (χ2n) is 4.52. The van der Waals surface area contributed by atoms with Gasteiger partial charge in [0.15, 0.2) is 10.8 Å². The smallest absolute Gasteiger partial charge is 0.275 e. The first-order valence-electron chi connectivity index (χ1n) is 6.36. The third-order valence-electron chi connectivity index (χ3n) is 2.95. The SMILES string of the molecule is Cc1sc(-c2ccco2)nc1C(=O)Nc1cc(Cl)ccc1O. The number of nitrogens with zero attached hydrogens (tertiary/aromatic N) is 1. The summed E-state index contributed by atoms with van der Waals surface area (Å²) in [7, 11) is 0. The predicted octanol–water partition coefficient (Wildman–Crippen LogP) is 4.32. The van der Waals surface area contributed by atoms with E-state index in [2.05, 4.69) is 10.3 Å². The Morgan fingerprint density at radius 1 is 1.41 bits per heavy atom. The van der Waals surface area contributed by atoms with Crippen molar-refractivity contribution >= 4 is 34.5 Å². The molecule has 1 amide bonds. The van der Waals surface area contributed by atoms with Crippen LogP contribution in [0.2, 0.25) is 5.02 Å². The summed E-state index contributed by atoms with van der Waals surface area (Å²) in [6.07, 6.45) is 1.55. The van der Waals surface area contributed by atoms with Crippen LogP contribution in [0.4, 0.5) is 5.69 Å². The van der Waals surface area contributed by atoms with E-state index in [0.717, 1.165) is 4.88 Å². The normalized spacial score (nSPS) is 10.6. The number of phenolic OH excluding ortho intramolecular Hbond substituents is 1. The van der Waals surface area contributed by atoms with Gasteiger partial charge in [-0.3, -0.25) is 4.79 Å². The first-order valence-corrected chi connectivity index (χ1v) is 7.55. The van der Waals surface area contributed by atoms with E-state index in [1.165, 1.54) is 29.5 Å². The molecule has 0 radical (unpaired) electrons. The number of furan rings is 1. The molecule has 0 saturated carbocycles. The van der Waals surface area contributed by atoms with Crippen molar-refractivity contribution in [1.82, 2.24) is 4.98 Å². The van der Waals surface area contributed by atoms with Crippen LogP contribution in [0, 0.1) is 6.92 Å². The fourth-order valence-electron chi connectivity index (χ4n) is 1.90. The summed E-state index contributed by atoms with van der Waals surface area (Å²) in [5.74, 6) is 0.138. The molecule has 0 aliphatic rings. The van der Waals surface area contributed by atoms with Crippen molar-refractivity contribution in [3.05, 3.63) is 52.2 Å². The minimum absolute atomic E-state index is 0.0584. The molecule has 0 atom stereocenters. The topological polar surface area (TPSA) is 75.4 Å². The Morgan fingerprint density at radius 3 is 2.95 bits per heavy atom. The first-order chi connectivity index (χ1) is 10.5. The lowest BCUT2D eigenvalue weighted by molar-refractivity contribution is 0.102. The highest BCUT2D eigenvalue weighted by Gasteiger charge is 2.18. The lowest BCUT2D eigenvalue weighted by atomic mass is 10.2. The molecule has 5 nitrogen and oxygen atoms in total.